The zero-order chi connectivity index (χ0) is 20.8. The molecule has 0 saturated carbocycles. The second kappa shape index (κ2) is 9.80. The van der Waals surface area contributed by atoms with Gasteiger partial charge in [0.05, 0.1) is 23.3 Å². The van der Waals surface area contributed by atoms with Crippen LogP contribution in [0.1, 0.15) is 30.5 Å². The zero-order valence-corrected chi connectivity index (χ0v) is 18.4. The molecule has 0 bridgehead atoms. The van der Waals surface area contributed by atoms with Crippen LogP contribution in [0, 0.1) is 6.92 Å². The minimum absolute atomic E-state index is 0.289. The number of hydrogen-bond acceptors (Lipinski definition) is 7. The van der Waals surface area contributed by atoms with Gasteiger partial charge in [-0.1, -0.05) is 24.3 Å². The summed E-state index contributed by atoms with van der Waals surface area (Å²) in [7, 11) is 0. The molecule has 1 atom stereocenters. The SMILES string of the molecule is CC(=O)OCCN(CC(OC(C)=S)c1nc2ccccc2s1)c1cccc(C)c1. The highest BCUT2D eigenvalue weighted by atomic mass is 32.1. The van der Waals surface area contributed by atoms with E-state index in [1.807, 2.05) is 30.3 Å². The maximum atomic E-state index is 11.2. The summed E-state index contributed by atoms with van der Waals surface area (Å²) in [5.74, 6) is -0.289. The van der Waals surface area contributed by atoms with Crippen molar-refractivity contribution in [2.45, 2.75) is 26.9 Å². The van der Waals surface area contributed by atoms with E-state index in [9.17, 15) is 4.79 Å². The first-order valence-corrected chi connectivity index (χ1v) is 10.6. The number of hydrogen-bond donors (Lipinski definition) is 0. The molecule has 0 amide bonds. The molecule has 0 aliphatic rings. The van der Waals surface area contributed by atoms with Crippen LogP contribution in [-0.4, -0.2) is 35.7 Å². The molecule has 0 spiro atoms. The summed E-state index contributed by atoms with van der Waals surface area (Å²) < 4.78 is 12.3. The highest BCUT2D eigenvalue weighted by Gasteiger charge is 2.22. The quantitative estimate of drug-likeness (QED) is 0.368. The monoisotopic (exact) mass is 428 g/mol. The van der Waals surface area contributed by atoms with Crippen LogP contribution in [-0.2, 0) is 14.3 Å². The van der Waals surface area contributed by atoms with Crippen LogP contribution in [0.5, 0.6) is 0 Å². The number of thiazole rings is 1. The Kier molecular flexibility index (Phi) is 7.17. The number of aryl methyl sites for hydroxylation is 1. The van der Waals surface area contributed by atoms with Crippen LogP contribution in [0.3, 0.4) is 0 Å². The number of rotatable bonds is 8. The van der Waals surface area contributed by atoms with Crippen molar-refractivity contribution in [1.82, 2.24) is 4.98 Å². The van der Waals surface area contributed by atoms with Gasteiger partial charge < -0.3 is 14.4 Å². The third kappa shape index (κ3) is 5.98. The highest BCUT2D eigenvalue weighted by molar-refractivity contribution is 7.80. The van der Waals surface area contributed by atoms with Gasteiger partial charge in [-0.15, -0.1) is 11.3 Å². The number of esters is 1. The predicted octanol–water partition coefficient (Wildman–Crippen LogP) is 5.08. The van der Waals surface area contributed by atoms with Crippen molar-refractivity contribution >= 4 is 50.5 Å². The minimum atomic E-state index is -0.317. The lowest BCUT2D eigenvalue weighted by atomic mass is 10.2. The summed E-state index contributed by atoms with van der Waals surface area (Å²) in [5.41, 5.74) is 3.14. The lowest BCUT2D eigenvalue weighted by Gasteiger charge is -2.29. The lowest BCUT2D eigenvalue weighted by Crippen LogP contribution is -2.33. The van der Waals surface area contributed by atoms with E-state index in [2.05, 4.69) is 30.0 Å². The fraction of sp³-hybridized carbons (Fsp3) is 0.318. The number of carbonyl (C=O) groups is 1. The smallest absolute Gasteiger partial charge is 0.302 e. The highest BCUT2D eigenvalue weighted by Crippen LogP contribution is 2.30. The summed E-state index contributed by atoms with van der Waals surface area (Å²) in [4.78, 5) is 18.1. The number of nitrogens with zero attached hydrogens (tertiary/aromatic N) is 2. The van der Waals surface area contributed by atoms with Crippen LogP contribution in [0.2, 0.25) is 0 Å². The van der Waals surface area contributed by atoms with Crippen LogP contribution in [0.25, 0.3) is 10.2 Å². The summed E-state index contributed by atoms with van der Waals surface area (Å²) in [6.45, 7) is 6.62. The molecule has 3 aromatic rings. The number of aromatic nitrogens is 1. The van der Waals surface area contributed by atoms with Crippen LogP contribution in [0.4, 0.5) is 5.69 Å². The Morgan fingerprint density at radius 1 is 1.21 bits per heavy atom. The molecule has 152 valence electrons. The van der Waals surface area contributed by atoms with Crippen LogP contribution >= 0.6 is 23.6 Å². The molecule has 7 heteroatoms. The van der Waals surface area contributed by atoms with Crippen LogP contribution in [0.15, 0.2) is 48.5 Å². The second-order valence-corrected chi connectivity index (χ2v) is 8.38. The van der Waals surface area contributed by atoms with Gasteiger partial charge in [0.15, 0.2) is 11.2 Å². The predicted molar refractivity (Wildman–Crippen MR) is 122 cm³/mol. The third-order valence-corrected chi connectivity index (χ3v) is 5.54. The Hall–Kier alpha value is -2.51. The number of anilines is 1. The Labute approximate surface area is 180 Å². The lowest BCUT2D eigenvalue weighted by molar-refractivity contribution is -0.140. The number of ether oxygens (including phenoxy) is 2. The van der Waals surface area contributed by atoms with E-state index in [-0.39, 0.29) is 12.1 Å². The van der Waals surface area contributed by atoms with E-state index >= 15 is 0 Å². The summed E-state index contributed by atoms with van der Waals surface area (Å²) in [6.07, 6.45) is -0.317. The fourth-order valence-corrected chi connectivity index (χ4v) is 4.15. The van der Waals surface area contributed by atoms with Crippen molar-refractivity contribution in [1.29, 1.82) is 0 Å². The van der Waals surface area contributed by atoms with Gasteiger partial charge in [-0.2, -0.15) is 0 Å². The Balaban J connectivity index is 1.88. The van der Waals surface area contributed by atoms with Gasteiger partial charge in [-0.3, -0.25) is 4.79 Å². The number of carbonyl (C=O) groups excluding carboxylic acids is 1. The first-order valence-electron chi connectivity index (χ1n) is 9.40. The van der Waals surface area contributed by atoms with E-state index in [1.165, 1.54) is 6.92 Å². The fourth-order valence-electron chi connectivity index (χ4n) is 3.04. The molecule has 1 unspecified atom stereocenters. The van der Waals surface area contributed by atoms with Crippen molar-refractivity contribution < 1.29 is 14.3 Å². The standard InChI is InChI=1S/C22H24N2O3S2/c1-15-7-6-8-18(13-15)24(11-12-26-16(2)25)14-20(27-17(3)28)22-23-19-9-4-5-10-21(19)29-22/h4-10,13,20H,11-12,14H2,1-3H3. The Morgan fingerprint density at radius 2 is 2.00 bits per heavy atom. The molecular weight excluding hydrogens is 404 g/mol. The molecule has 0 saturated heterocycles. The average molecular weight is 429 g/mol. The average Bonchev–Trinajstić information content (AvgIpc) is 3.10. The third-order valence-electron chi connectivity index (χ3n) is 4.31. The summed E-state index contributed by atoms with van der Waals surface area (Å²) >= 11 is 6.84. The molecule has 3 rings (SSSR count). The van der Waals surface area contributed by atoms with Gasteiger partial charge in [-0.05, 0) is 49.0 Å². The number of fused-ring (bicyclic) bond motifs is 1. The van der Waals surface area contributed by atoms with Crippen LogP contribution < -0.4 is 4.90 Å². The van der Waals surface area contributed by atoms with Crippen molar-refractivity contribution in [3.8, 4) is 0 Å². The number of thiocarbonyl (C=S) groups is 1. The zero-order valence-electron chi connectivity index (χ0n) is 16.8. The molecule has 2 aromatic carbocycles. The van der Waals surface area contributed by atoms with Crippen molar-refractivity contribution in [3.05, 3.63) is 59.1 Å². The maximum absolute atomic E-state index is 11.2. The molecule has 0 fully saturated rings. The van der Waals surface area contributed by atoms with E-state index in [1.54, 1.807) is 18.3 Å². The molecular formula is C22H24N2O3S2. The number of benzene rings is 2. The van der Waals surface area contributed by atoms with Crippen molar-refractivity contribution in [2.24, 2.45) is 0 Å². The van der Waals surface area contributed by atoms with Gasteiger partial charge in [-0.25, -0.2) is 4.98 Å². The normalized spacial score (nSPS) is 11.8. The first-order chi connectivity index (χ1) is 13.9. The van der Waals surface area contributed by atoms with Crippen molar-refractivity contribution in [2.75, 3.05) is 24.6 Å². The summed E-state index contributed by atoms with van der Waals surface area (Å²) in [5, 5.41) is 1.35. The van der Waals surface area contributed by atoms with Gasteiger partial charge in [0.25, 0.3) is 0 Å². The van der Waals surface area contributed by atoms with Gasteiger partial charge in [0.1, 0.15) is 11.6 Å². The van der Waals surface area contributed by atoms with Gasteiger partial charge >= 0.3 is 5.97 Å². The van der Waals surface area contributed by atoms with E-state index < -0.39 is 0 Å². The largest absolute Gasteiger partial charge is 0.475 e. The molecule has 5 nitrogen and oxygen atoms in total. The summed E-state index contributed by atoms with van der Waals surface area (Å²) in [6, 6.07) is 16.2. The van der Waals surface area contributed by atoms with Gasteiger partial charge in [0.2, 0.25) is 0 Å². The Morgan fingerprint density at radius 3 is 2.69 bits per heavy atom. The second-order valence-electron chi connectivity index (χ2n) is 6.74. The molecule has 0 aliphatic heterocycles. The van der Waals surface area contributed by atoms with E-state index in [4.69, 9.17) is 26.7 Å². The number of para-hydroxylation sites is 1. The Bertz CT molecular complexity index is 969. The topological polar surface area (TPSA) is 51.7 Å². The van der Waals surface area contributed by atoms with E-state index in [0.717, 1.165) is 26.5 Å². The van der Waals surface area contributed by atoms with Gasteiger partial charge in [0, 0.05) is 19.5 Å². The van der Waals surface area contributed by atoms with E-state index in [0.29, 0.717) is 24.7 Å². The molecule has 1 aromatic heterocycles. The maximum Gasteiger partial charge on any atom is 0.302 e. The first kappa shape index (κ1) is 21.2. The molecule has 29 heavy (non-hydrogen) atoms. The molecule has 1 heterocycles. The molecule has 0 aliphatic carbocycles. The molecule has 0 N–H and O–H groups in total. The minimum Gasteiger partial charge on any atom is -0.475 e. The molecule has 0 radical (unpaired) electrons. The van der Waals surface area contributed by atoms with Crippen molar-refractivity contribution in [3.63, 3.8) is 0 Å².